The Bertz CT molecular complexity index is 1230. The van der Waals surface area contributed by atoms with E-state index >= 15 is 0 Å². The van der Waals surface area contributed by atoms with Crippen LogP contribution in [0.15, 0.2) is 30.6 Å². The fraction of sp³-hybridized carbons (Fsp3) is 0.476. The number of rotatable bonds is 9. The fourth-order valence-corrected chi connectivity index (χ4v) is 4.77. The van der Waals surface area contributed by atoms with Crippen LogP contribution in [0, 0.1) is 5.92 Å². The van der Waals surface area contributed by atoms with E-state index in [9.17, 15) is 21.6 Å². The molecule has 1 saturated carbocycles. The molecule has 34 heavy (non-hydrogen) atoms. The van der Waals surface area contributed by atoms with Gasteiger partial charge in [-0.2, -0.15) is 31.6 Å². The standard InChI is InChI=1S/C21H24F3N5O4S/c22-21(23,24)12-33-34(30,31)11-15-7-4-8-16(9-15)27-20-28-18-17(25-13-26-18)19(29-20)32-10-14-5-2-1-3-6-14/h4,7-9,13-14H,1-3,5-6,10-12H2,(H2,25,26,27,28,29). The van der Waals surface area contributed by atoms with E-state index in [2.05, 4.69) is 29.4 Å². The molecular formula is C21H24F3N5O4S. The predicted molar refractivity (Wildman–Crippen MR) is 118 cm³/mol. The Morgan fingerprint density at radius 1 is 1.15 bits per heavy atom. The first kappa shape index (κ1) is 24.2. The van der Waals surface area contributed by atoms with Gasteiger partial charge in [0.2, 0.25) is 11.8 Å². The van der Waals surface area contributed by atoms with E-state index < -0.39 is 28.7 Å². The van der Waals surface area contributed by atoms with Crippen LogP contribution in [-0.4, -0.2) is 47.7 Å². The largest absolute Gasteiger partial charge is 0.476 e. The molecule has 0 amide bonds. The van der Waals surface area contributed by atoms with Crippen molar-refractivity contribution < 1.29 is 30.5 Å². The SMILES string of the molecule is O=S(=O)(Cc1cccc(Nc2nc(OCC3CCCCC3)c3[nH]cnc3n2)c1)OCC(F)(F)F. The van der Waals surface area contributed by atoms with Gasteiger partial charge in [-0.05, 0) is 36.5 Å². The number of imidazole rings is 1. The molecule has 0 spiro atoms. The van der Waals surface area contributed by atoms with Gasteiger partial charge in [0.1, 0.15) is 11.3 Å². The summed E-state index contributed by atoms with van der Waals surface area (Å²) < 4.78 is 70.7. The van der Waals surface area contributed by atoms with Crippen molar-refractivity contribution in [3.63, 3.8) is 0 Å². The number of aromatic amines is 1. The Kier molecular flexibility index (Phi) is 7.22. The molecule has 0 saturated heterocycles. The lowest BCUT2D eigenvalue weighted by Gasteiger charge is -2.21. The molecule has 2 N–H and O–H groups in total. The molecule has 13 heteroatoms. The number of benzene rings is 1. The van der Waals surface area contributed by atoms with E-state index in [1.807, 2.05) is 0 Å². The number of ether oxygens (including phenoxy) is 1. The average Bonchev–Trinajstić information content (AvgIpc) is 3.25. The van der Waals surface area contributed by atoms with E-state index in [0.717, 1.165) is 12.8 Å². The number of H-pyrrole nitrogens is 1. The van der Waals surface area contributed by atoms with E-state index in [1.165, 1.54) is 37.7 Å². The number of hydrogen-bond acceptors (Lipinski definition) is 8. The number of aromatic nitrogens is 4. The third-order valence-corrected chi connectivity index (χ3v) is 6.53. The number of nitrogens with one attached hydrogen (secondary N) is 2. The van der Waals surface area contributed by atoms with Crippen LogP contribution in [0.25, 0.3) is 11.2 Å². The molecule has 0 radical (unpaired) electrons. The third kappa shape index (κ3) is 6.79. The van der Waals surface area contributed by atoms with Crippen molar-refractivity contribution in [1.29, 1.82) is 0 Å². The minimum atomic E-state index is -4.74. The van der Waals surface area contributed by atoms with Crippen LogP contribution in [0.5, 0.6) is 5.88 Å². The van der Waals surface area contributed by atoms with Gasteiger partial charge in [-0.1, -0.05) is 31.4 Å². The summed E-state index contributed by atoms with van der Waals surface area (Å²) in [5.74, 6) is 0.297. The van der Waals surface area contributed by atoms with E-state index in [0.29, 0.717) is 35.3 Å². The Labute approximate surface area is 194 Å². The number of alkyl halides is 3. The molecule has 3 aromatic rings. The maximum absolute atomic E-state index is 12.3. The lowest BCUT2D eigenvalue weighted by molar-refractivity contribution is -0.152. The lowest BCUT2D eigenvalue weighted by atomic mass is 9.90. The maximum Gasteiger partial charge on any atom is 0.413 e. The number of anilines is 2. The Balaban J connectivity index is 1.47. The zero-order valence-electron chi connectivity index (χ0n) is 18.1. The van der Waals surface area contributed by atoms with Gasteiger partial charge in [-0.25, -0.2) is 4.98 Å². The van der Waals surface area contributed by atoms with Crippen molar-refractivity contribution in [3.05, 3.63) is 36.2 Å². The number of halogens is 3. The molecule has 184 valence electrons. The van der Waals surface area contributed by atoms with Crippen molar-refractivity contribution >= 4 is 32.9 Å². The Morgan fingerprint density at radius 2 is 1.94 bits per heavy atom. The van der Waals surface area contributed by atoms with Crippen LogP contribution in [0.4, 0.5) is 24.8 Å². The quantitative estimate of drug-likeness (QED) is 0.414. The van der Waals surface area contributed by atoms with Crippen LogP contribution < -0.4 is 10.1 Å². The topological polar surface area (TPSA) is 119 Å². The molecule has 2 heterocycles. The van der Waals surface area contributed by atoms with Crippen LogP contribution in [0.3, 0.4) is 0 Å². The van der Waals surface area contributed by atoms with E-state index in [4.69, 9.17) is 4.74 Å². The second kappa shape index (κ2) is 10.1. The van der Waals surface area contributed by atoms with Gasteiger partial charge in [0.25, 0.3) is 10.1 Å². The second-order valence-electron chi connectivity index (χ2n) is 8.17. The van der Waals surface area contributed by atoms with Crippen molar-refractivity contribution in [2.75, 3.05) is 18.5 Å². The minimum Gasteiger partial charge on any atom is -0.476 e. The Hall–Kier alpha value is -2.93. The van der Waals surface area contributed by atoms with Gasteiger partial charge < -0.3 is 15.0 Å². The first-order chi connectivity index (χ1) is 16.2. The Morgan fingerprint density at radius 3 is 2.71 bits per heavy atom. The molecule has 0 unspecified atom stereocenters. The van der Waals surface area contributed by atoms with Gasteiger partial charge in [0, 0.05) is 5.69 Å². The van der Waals surface area contributed by atoms with E-state index in [1.54, 1.807) is 12.1 Å². The average molecular weight is 500 g/mol. The monoisotopic (exact) mass is 499 g/mol. The maximum atomic E-state index is 12.3. The second-order valence-corrected chi connectivity index (χ2v) is 9.81. The van der Waals surface area contributed by atoms with Crippen LogP contribution >= 0.6 is 0 Å². The normalized spacial score (nSPS) is 15.5. The van der Waals surface area contributed by atoms with Crippen molar-refractivity contribution in [2.24, 2.45) is 5.92 Å². The van der Waals surface area contributed by atoms with Gasteiger partial charge in [0.05, 0.1) is 12.9 Å². The van der Waals surface area contributed by atoms with Crippen molar-refractivity contribution in [3.8, 4) is 5.88 Å². The number of hydrogen-bond donors (Lipinski definition) is 2. The summed E-state index contributed by atoms with van der Waals surface area (Å²) >= 11 is 0. The molecule has 0 bridgehead atoms. The highest BCUT2D eigenvalue weighted by Gasteiger charge is 2.31. The van der Waals surface area contributed by atoms with E-state index in [-0.39, 0.29) is 11.5 Å². The number of fused-ring (bicyclic) bond motifs is 1. The first-order valence-corrected chi connectivity index (χ1v) is 12.4. The van der Waals surface area contributed by atoms with Gasteiger partial charge >= 0.3 is 6.18 Å². The molecule has 2 aromatic heterocycles. The van der Waals surface area contributed by atoms with Crippen molar-refractivity contribution in [2.45, 2.75) is 44.0 Å². The summed E-state index contributed by atoms with van der Waals surface area (Å²) in [7, 11) is -4.42. The summed E-state index contributed by atoms with van der Waals surface area (Å²) in [6.07, 6.45) is 2.61. The van der Waals surface area contributed by atoms with Gasteiger partial charge in [-0.3, -0.25) is 4.18 Å². The minimum absolute atomic E-state index is 0.187. The highest BCUT2D eigenvalue weighted by Crippen LogP contribution is 2.27. The predicted octanol–water partition coefficient (Wildman–Crippen LogP) is 4.46. The highest BCUT2D eigenvalue weighted by molar-refractivity contribution is 7.85. The highest BCUT2D eigenvalue weighted by atomic mass is 32.2. The zero-order chi connectivity index (χ0) is 24.2. The molecule has 4 rings (SSSR count). The molecule has 1 aromatic carbocycles. The molecular weight excluding hydrogens is 475 g/mol. The van der Waals surface area contributed by atoms with Crippen LogP contribution in [0.1, 0.15) is 37.7 Å². The summed E-state index contributed by atoms with van der Waals surface area (Å²) in [6.45, 7) is -1.33. The summed E-state index contributed by atoms with van der Waals surface area (Å²) in [5, 5.41) is 2.97. The molecule has 1 aliphatic carbocycles. The number of nitrogens with zero attached hydrogens (tertiary/aromatic N) is 3. The third-order valence-electron chi connectivity index (χ3n) is 5.36. The van der Waals surface area contributed by atoms with Crippen molar-refractivity contribution in [1.82, 2.24) is 19.9 Å². The van der Waals surface area contributed by atoms with Gasteiger partial charge in [-0.15, -0.1) is 0 Å². The lowest BCUT2D eigenvalue weighted by Crippen LogP contribution is -2.21. The summed E-state index contributed by atoms with van der Waals surface area (Å²) in [4.78, 5) is 15.9. The molecule has 0 aliphatic heterocycles. The molecule has 1 fully saturated rings. The molecule has 9 nitrogen and oxygen atoms in total. The van der Waals surface area contributed by atoms with Crippen LogP contribution in [-0.2, 0) is 20.1 Å². The van der Waals surface area contributed by atoms with Crippen LogP contribution in [0.2, 0.25) is 0 Å². The fourth-order valence-electron chi connectivity index (χ4n) is 3.79. The summed E-state index contributed by atoms with van der Waals surface area (Å²) in [5.41, 5.74) is 1.65. The first-order valence-electron chi connectivity index (χ1n) is 10.8. The summed E-state index contributed by atoms with van der Waals surface area (Å²) in [6, 6.07) is 6.14. The molecule has 1 aliphatic rings. The smallest absolute Gasteiger partial charge is 0.413 e. The van der Waals surface area contributed by atoms with Gasteiger partial charge in [0.15, 0.2) is 12.3 Å². The molecule has 0 atom stereocenters. The zero-order valence-corrected chi connectivity index (χ0v) is 19.0.